The normalized spacial score (nSPS) is 10.8. The van der Waals surface area contributed by atoms with E-state index in [2.05, 4.69) is 27.3 Å². The van der Waals surface area contributed by atoms with Gasteiger partial charge in [-0.25, -0.2) is 0 Å². The number of aryl methyl sites for hydroxylation is 1. The van der Waals surface area contributed by atoms with Crippen LogP contribution in [-0.2, 0) is 4.79 Å². The number of carbonyl (C=O) groups is 2. The van der Waals surface area contributed by atoms with Crippen molar-refractivity contribution in [3.63, 3.8) is 0 Å². The smallest absolute Gasteiger partial charge is 0.309 e. The number of ether oxygens (including phenoxy) is 1. The highest BCUT2D eigenvalue weighted by atomic mass is 79.9. The first-order valence-electron chi connectivity index (χ1n) is 13.0. The second-order valence-electron chi connectivity index (χ2n) is 9.86. The standard InChI is InChI=1S/C33H29BrN4O3/c1-21-8-5-13-29(18-21)38-33(41-22(2)39)30(31(36-38)24-9-7-12-28(20-24)37(3)4)23-14-16-27(17-15-23)35-32(40)25-10-6-11-26(34)19-25/h5-20H,1-4H3,(H,35,40). The van der Waals surface area contributed by atoms with Crippen molar-refractivity contribution in [1.82, 2.24) is 9.78 Å². The Morgan fingerprint density at radius 3 is 2.29 bits per heavy atom. The van der Waals surface area contributed by atoms with Gasteiger partial charge in [-0.15, -0.1) is 0 Å². The average Bonchev–Trinajstić information content (AvgIpc) is 3.32. The molecule has 0 unspecified atom stereocenters. The van der Waals surface area contributed by atoms with Crippen molar-refractivity contribution in [1.29, 1.82) is 0 Å². The van der Waals surface area contributed by atoms with E-state index in [1.54, 1.807) is 16.8 Å². The van der Waals surface area contributed by atoms with Crippen molar-refractivity contribution in [2.24, 2.45) is 0 Å². The van der Waals surface area contributed by atoms with Gasteiger partial charge in [0.25, 0.3) is 5.91 Å². The van der Waals surface area contributed by atoms with Crippen LogP contribution in [0.15, 0.2) is 102 Å². The maximum absolute atomic E-state index is 12.8. The zero-order valence-electron chi connectivity index (χ0n) is 23.2. The molecule has 0 aliphatic heterocycles. The molecule has 0 bridgehead atoms. The average molecular weight is 610 g/mol. The van der Waals surface area contributed by atoms with Gasteiger partial charge in [0.15, 0.2) is 0 Å². The Hall–Kier alpha value is -4.69. The molecule has 0 fully saturated rings. The first-order chi connectivity index (χ1) is 19.7. The number of amides is 1. The highest BCUT2D eigenvalue weighted by Crippen LogP contribution is 2.42. The number of hydrogen-bond donors (Lipinski definition) is 1. The zero-order valence-corrected chi connectivity index (χ0v) is 24.8. The monoisotopic (exact) mass is 608 g/mol. The van der Waals surface area contributed by atoms with E-state index in [0.29, 0.717) is 28.4 Å². The van der Waals surface area contributed by atoms with Crippen LogP contribution >= 0.6 is 15.9 Å². The van der Waals surface area contributed by atoms with Gasteiger partial charge in [0.2, 0.25) is 5.88 Å². The minimum Gasteiger partial charge on any atom is -0.407 e. The van der Waals surface area contributed by atoms with Crippen molar-refractivity contribution in [3.05, 3.63) is 113 Å². The van der Waals surface area contributed by atoms with Gasteiger partial charge in [0.1, 0.15) is 5.69 Å². The van der Waals surface area contributed by atoms with Crippen LogP contribution in [0.2, 0.25) is 0 Å². The van der Waals surface area contributed by atoms with E-state index in [9.17, 15) is 9.59 Å². The molecular weight excluding hydrogens is 580 g/mol. The lowest BCUT2D eigenvalue weighted by Gasteiger charge is -2.14. The van der Waals surface area contributed by atoms with Crippen LogP contribution in [0, 0.1) is 6.92 Å². The van der Waals surface area contributed by atoms with Gasteiger partial charge in [-0.3, -0.25) is 9.59 Å². The number of rotatable bonds is 7. The Morgan fingerprint density at radius 1 is 0.878 bits per heavy atom. The van der Waals surface area contributed by atoms with E-state index in [4.69, 9.17) is 9.84 Å². The predicted octanol–water partition coefficient (Wildman–Crippen LogP) is 7.52. The maximum Gasteiger partial charge on any atom is 0.309 e. The summed E-state index contributed by atoms with van der Waals surface area (Å²) < 4.78 is 8.35. The van der Waals surface area contributed by atoms with E-state index in [1.807, 2.05) is 105 Å². The van der Waals surface area contributed by atoms with Gasteiger partial charge in [0, 0.05) is 48.0 Å². The summed E-state index contributed by atoms with van der Waals surface area (Å²) in [6, 6.07) is 30.6. The summed E-state index contributed by atoms with van der Waals surface area (Å²) in [6.07, 6.45) is 0. The fourth-order valence-electron chi connectivity index (χ4n) is 4.51. The van der Waals surface area contributed by atoms with Crippen LogP contribution in [0.3, 0.4) is 0 Å². The fraction of sp³-hybridized carbons (Fsp3) is 0.121. The molecule has 0 radical (unpaired) electrons. The number of benzene rings is 4. The Bertz CT molecular complexity index is 1740. The molecule has 5 rings (SSSR count). The van der Waals surface area contributed by atoms with E-state index in [-0.39, 0.29) is 5.91 Å². The SMILES string of the molecule is CC(=O)Oc1c(-c2ccc(NC(=O)c3cccc(Br)c3)cc2)c(-c2cccc(N(C)C)c2)nn1-c1cccc(C)c1. The van der Waals surface area contributed by atoms with Gasteiger partial charge in [0.05, 0.1) is 11.3 Å². The molecule has 0 spiro atoms. The first-order valence-corrected chi connectivity index (χ1v) is 13.8. The fourth-order valence-corrected chi connectivity index (χ4v) is 4.91. The topological polar surface area (TPSA) is 76.5 Å². The third-order valence-corrected chi connectivity index (χ3v) is 6.98. The molecule has 1 aromatic heterocycles. The summed E-state index contributed by atoms with van der Waals surface area (Å²) in [6.45, 7) is 3.38. The van der Waals surface area contributed by atoms with Crippen LogP contribution < -0.4 is 15.0 Å². The Balaban J connectivity index is 1.63. The van der Waals surface area contributed by atoms with Crippen LogP contribution in [0.25, 0.3) is 28.1 Å². The molecule has 0 saturated carbocycles. The molecule has 0 aliphatic carbocycles. The minimum atomic E-state index is -0.452. The molecule has 41 heavy (non-hydrogen) atoms. The summed E-state index contributed by atoms with van der Waals surface area (Å²) in [5.74, 6) is -0.348. The number of nitrogens with one attached hydrogen (secondary N) is 1. The molecule has 4 aromatic carbocycles. The third-order valence-electron chi connectivity index (χ3n) is 6.48. The number of halogens is 1. The number of carbonyl (C=O) groups excluding carboxylic acids is 2. The molecule has 5 aromatic rings. The Labute approximate surface area is 247 Å². The lowest BCUT2D eigenvalue weighted by molar-refractivity contribution is -0.132. The lowest BCUT2D eigenvalue weighted by atomic mass is 10.0. The molecule has 1 N–H and O–H groups in total. The van der Waals surface area contributed by atoms with E-state index < -0.39 is 5.97 Å². The predicted molar refractivity (Wildman–Crippen MR) is 167 cm³/mol. The Morgan fingerprint density at radius 2 is 1.61 bits per heavy atom. The van der Waals surface area contributed by atoms with Crippen molar-refractivity contribution in [2.45, 2.75) is 13.8 Å². The highest BCUT2D eigenvalue weighted by molar-refractivity contribution is 9.10. The van der Waals surface area contributed by atoms with Gasteiger partial charge in [-0.2, -0.15) is 9.78 Å². The van der Waals surface area contributed by atoms with Crippen LogP contribution in [-0.4, -0.2) is 35.8 Å². The van der Waals surface area contributed by atoms with Crippen LogP contribution in [0.1, 0.15) is 22.8 Å². The molecule has 206 valence electrons. The molecule has 8 heteroatoms. The molecule has 0 aliphatic rings. The number of aromatic nitrogens is 2. The summed E-state index contributed by atoms with van der Waals surface area (Å²) in [7, 11) is 3.97. The van der Waals surface area contributed by atoms with Gasteiger partial charge in [-0.05, 0) is 72.6 Å². The number of esters is 1. The van der Waals surface area contributed by atoms with E-state index in [1.165, 1.54) is 6.92 Å². The van der Waals surface area contributed by atoms with Gasteiger partial charge < -0.3 is 15.0 Å². The number of anilines is 2. The van der Waals surface area contributed by atoms with Crippen molar-refractivity contribution < 1.29 is 14.3 Å². The summed E-state index contributed by atoms with van der Waals surface area (Å²) in [5.41, 5.74) is 7.01. The minimum absolute atomic E-state index is 0.215. The van der Waals surface area contributed by atoms with Crippen LogP contribution in [0.5, 0.6) is 5.88 Å². The molecule has 1 amide bonds. The third kappa shape index (κ3) is 6.23. The number of hydrogen-bond acceptors (Lipinski definition) is 5. The second kappa shape index (κ2) is 11.8. The lowest BCUT2D eigenvalue weighted by Crippen LogP contribution is -2.11. The van der Waals surface area contributed by atoms with Gasteiger partial charge >= 0.3 is 5.97 Å². The highest BCUT2D eigenvalue weighted by Gasteiger charge is 2.25. The second-order valence-corrected chi connectivity index (χ2v) is 10.8. The molecule has 7 nitrogen and oxygen atoms in total. The molecule has 1 heterocycles. The molecule has 0 atom stereocenters. The largest absolute Gasteiger partial charge is 0.407 e. The maximum atomic E-state index is 12.8. The van der Waals surface area contributed by atoms with Gasteiger partial charge in [-0.1, -0.05) is 58.4 Å². The van der Waals surface area contributed by atoms with Crippen molar-refractivity contribution >= 4 is 39.2 Å². The van der Waals surface area contributed by atoms with Crippen molar-refractivity contribution in [2.75, 3.05) is 24.3 Å². The summed E-state index contributed by atoms with van der Waals surface area (Å²) in [5, 5.41) is 7.93. The Kier molecular flexibility index (Phi) is 8.03. The molecule has 0 saturated heterocycles. The number of nitrogens with zero attached hydrogens (tertiary/aromatic N) is 3. The van der Waals surface area contributed by atoms with E-state index >= 15 is 0 Å². The molecular formula is C33H29BrN4O3. The van der Waals surface area contributed by atoms with Crippen LogP contribution in [0.4, 0.5) is 11.4 Å². The quantitative estimate of drug-likeness (QED) is 0.193. The summed E-state index contributed by atoms with van der Waals surface area (Å²) in [4.78, 5) is 27.2. The zero-order chi connectivity index (χ0) is 29.1. The van der Waals surface area contributed by atoms with Crippen molar-refractivity contribution in [3.8, 4) is 34.0 Å². The first kappa shape index (κ1) is 27.9. The van der Waals surface area contributed by atoms with E-state index in [0.717, 1.165) is 32.5 Å². The summed E-state index contributed by atoms with van der Waals surface area (Å²) >= 11 is 3.41.